The molecule has 1 aromatic carbocycles. The fraction of sp³-hybridized carbons (Fsp3) is 0.357. The molecule has 21 heavy (non-hydrogen) atoms. The standard InChI is InChI=1S/C14H17FN2O2S2/c1-21(18,19)8-2-7-16-9-13-10-20-14(17-13)11-3-5-12(15)6-4-11/h3-6,10,16H,2,7-9H2,1H3. The summed E-state index contributed by atoms with van der Waals surface area (Å²) in [6.45, 7) is 1.23. The fourth-order valence-electron chi connectivity index (χ4n) is 1.79. The van der Waals surface area contributed by atoms with Crippen LogP contribution in [0.4, 0.5) is 4.39 Å². The number of halogens is 1. The van der Waals surface area contributed by atoms with Gasteiger partial charge in [0.1, 0.15) is 20.7 Å². The zero-order chi connectivity index (χ0) is 15.3. The maximum Gasteiger partial charge on any atom is 0.147 e. The molecule has 1 aromatic heterocycles. The third-order valence-electron chi connectivity index (χ3n) is 2.82. The number of rotatable bonds is 7. The van der Waals surface area contributed by atoms with Crippen LogP contribution in [-0.2, 0) is 16.4 Å². The molecule has 2 aromatic rings. The smallest absolute Gasteiger partial charge is 0.147 e. The van der Waals surface area contributed by atoms with Crippen molar-refractivity contribution in [3.8, 4) is 10.6 Å². The van der Waals surface area contributed by atoms with E-state index in [4.69, 9.17) is 0 Å². The van der Waals surface area contributed by atoms with Gasteiger partial charge in [0.15, 0.2) is 0 Å². The molecule has 0 aliphatic carbocycles. The van der Waals surface area contributed by atoms with E-state index in [1.807, 2.05) is 5.38 Å². The Kier molecular flexibility index (Phi) is 5.44. The summed E-state index contributed by atoms with van der Waals surface area (Å²) in [4.78, 5) is 4.47. The van der Waals surface area contributed by atoms with E-state index in [-0.39, 0.29) is 11.6 Å². The second-order valence-electron chi connectivity index (χ2n) is 4.81. The van der Waals surface area contributed by atoms with Gasteiger partial charge < -0.3 is 5.32 Å². The van der Waals surface area contributed by atoms with Crippen LogP contribution in [0.25, 0.3) is 10.6 Å². The van der Waals surface area contributed by atoms with E-state index in [1.54, 1.807) is 12.1 Å². The Morgan fingerprint density at radius 2 is 2.00 bits per heavy atom. The molecule has 114 valence electrons. The maximum atomic E-state index is 12.9. The van der Waals surface area contributed by atoms with Crippen LogP contribution < -0.4 is 5.32 Å². The van der Waals surface area contributed by atoms with Gasteiger partial charge in [0.25, 0.3) is 0 Å². The molecule has 2 rings (SSSR count). The summed E-state index contributed by atoms with van der Waals surface area (Å²) in [6.07, 6.45) is 1.83. The zero-order valence-electron chi connectivity index (χ0n) is 11.7. The van der Waals surface area contributed by atoms with Gasteiger partial charge in [-0.2, -0.15) is 0 Å². The molecule has 0 saturated heterocycles. The molecule has 0 fully saturated rings. The van der Waals surface area contributed by atoms with Crippen LogP contribution in [-0.4, -0.2) is 32.0 Å². The molecule has 0 bridgehead atoms. The molecule has 0 aliphatic rings. The van der Waals surface area contributed by atoms with Crippen molar-refractivity contribution in [1.82, 2.24) is 10.3 Å². The highest BCUT2D eigenvalue weighted by Gasteiger charge is 2.05. The van der Waals surface area contributed by atoms with E-state index in [1.165, 1.54) is 29.7 Å². The first kappa shape index (κ1) is 16.1. The number of sulfone groups is 1. The molecule has 0 amide bonds. The topological polar surface area (TPSA) is 59.1 Å². The van der Waals surface area contributed by atoms with Gasteiger partial charge in [-0.05, 0) is 37.2 Å². The Balaban J connectivity index is 1.82. The average molecular weight is 328 g/mol. The van der Waals surface area contributed by atoms with E-state index < -0.39 is 9.84 Å². The molecular weight excluding hydrogens is 311 g/mol. The molecule has 4 nitrogen and oxygen atoms in total. The lowest BCUT2D eigenvalue weighted by Crippen LogP contribution is -2.18. The highest BCUT2D eigenvalue weighted by atomic mass is 32.2. The third-order valence-corrected chi connectivity index (χ3v) is 4.79. The second-order valence-corrected chi connectivity index (χ2v) is 7.93. The van der Waals surface area contributed by atoms with Gasteiger partial charge in [-0.15, -0.1) is 11.3 Å². The number of hydrogen-bond acceptors (Lipinski definition) is 5. The van der Waals surface area contributed by atoms with Crippen LogP contribution in [0.2, 0.25) is 0 Å². The minimum absolute atomic E-state index is 0.192. The van der Waals surface area contributed by atoms with Crippen molar-refractivity contribution in [2.75, 3.05) is 18.6 Å². The van der Waals surface area contributed by atoms with Gasteiger partial charge in [-0.25, -0.2) is 17.8 Å². The van der Waals surface area contributed by atoms with E-state index in [9.17, 15) is 12.8 Å². The lowest BCUT2D eigenvalue weighted by atomic mass is 10.2. The first-order valence-corrected chi connectivity index (χ1v) is 9.47. The number of thiazole rings is 1. The van der Waals surface area contributed by atoms with Gasteiger partial charge in [0, 0.05) is 23.7 Å². The van der Waals surface area contributed by atoms with Crippen LogP contribution in [0, 0.1) is 5.82 Å². The lowest BCUT2D eigenvalue weighted by molar-refractivity contribution is 0.594. The predicted molar refractivity (Wildman–Crippen MR) is 83.5 cm³/mol. The normalized spacial score (nSPS) is 11.7. The Morgan fingerprint density at radius 3 is 2.67 bits per heavy atom. The van der Waals surface area contributed by atoms with Crippen LogP contribution in [0.1, 0.15) is 12.1 Å². The second kappa shape index (κ2) is 7.11. The highest BCUT2D eigenvalue weighted by Crippen LogP contribution is 2.23. The average Bonchev–Trinajstić information content (AvgIpc) is 2.87. The minimum Gasteiger partial charge on any atom is -0.311 e. The van der Waals surface area contributed by atoms with Crippen molar-refractivity contribution >= 4 is 21.2 Å². The Labute approximate surface area is 128 Å². The van der Waals surface area contributed by atoms with Crippen LogP contribution in [0.3, 0.4) is 0 Å². The zero-order valence-corrected chi connectivity index (χ0v) is 13.3. The molecule has 1 heterocycles. The number of nitrogens with zero attached hydrogens (tertiary/aromatic N) is 1. The van der Waals surface area contributed by atoms with E-state index in [0.717, 1.165) is 16.3 Å². The van der Waals surface area contributed by atoms with E-state index in [2.05, 4.69) is 10.3 Å². The first-order valence-electron chi connectivity index (χ1n) is 6.53. The molecule has 0 aliphatic heterocycles. The summed E-state index contributed by atoms with van der Waals surface area (Å²) in [7, 11) is -2.89. The highest BCUT2D eigenvalue weighted by molar-refractivity contribution is 7.90. The molecule has 7 heteroatoms. The minimum atomic E-state index is -2.89. The van der Waals surface area contributed by atoms with Crippen LogP contribution in [0.5, 0.6) is 0 Å². The van der Waals surface area contributed by atoms with Crippen molar-refractivity contribution in [1.29, 1.82) is 0 Å². The van der Waals surface area contributed by atoms with Gasteiger partial charge in [-0.3, -0.25) is 0 Å². The van der Waals surface area contributed by atoms with Gasteiger partial charge >= 0.3 is 0 Å². The molecule has 0 atom stereocenters. The van der Waals surface area contributed by atoms with Crippen molar-refractivity contribution < 1.29 is 12.8 Å². The molecule has 0 spiro atoms. The SMILES string of the molecule is CS(=O)(=O)CCCNCc1csc(-c2ccc(F)cc2)n1. The Bertz CT molecular complexity index is 681. The van der Waals surface area contributed by atoms with Crippen molar-refractivity contribution in [3.63, 3.8) is 0 Å². The van der Waals surface area contributed by atoms with E-state index in [0.29, 0.717) is 19.5 Å². The third kappa shape index (κ3) is 5.53. The number of nitrogens with one attached hydrogen (secondary N) is 1. The summed E-state index contributed by atoms with van der Waals surface area (Å²) < 4.78 is 34.8. The predicted octanol–water partition coefficient (Wildman–Crippen LogP) is 2.47. The summed E-state index contributed by atoms with van der Waals surface area (Å²) in [6, 6.07) is 6.24. The Hall–Kier alpha value is -1.31. The fourth-order valence-corrected chi connectivity index (χ4v) is 3.28. The maximum absolute atomic E-state index is 12.9. The van der Waals surface area contributed by atoms with Crippen LogP contribution >= 0.6 is 11.3 Å². The van der Waals surface area contributed by atoms with Gasteiger partial charge in [0.05, 0.1) is 11.4 Å². The molecule has 0 unspecified atom stereocenters. The summed E-state index contributed by atoms with van der Waals surface area (Å²) in [5.74, 6) is -0.0687. The number of hydrogen-bond donors (Lipinski definition) is 1. The first-order chi connectivity index (χ1) is 9.94. The van der Waals surface area contributed by atoms with Crippen molar-refractivity contribution in [2.45, 2.75) is 13.0 Å². The van der Waals surface area contributed by atoms with Crippen molar-refractivity contribution in [3.05, 3.63) is 41.2 Å². The van der Waals surface area contributed by atoms with Gasteiger partial charge in [0.2, 0.25) is 0 Å². The molecule has 1 N–H and O–H groups in total. The lowest BCUT2D eigenvalue weighted by Gasteiger charge is -2.01. The van der Waals surface area contributed by atoms with Crippen LogP contribution in [0.15, 0.2) is 29.6 Å². The Morgan fingerprint density at radius 1 is 1.29 bits per heavy atom. The largest absolute Gasteiger partial charge is 0.311 e. The molecular formula is C14H17FN2O2S2. The summed E-state index contributed by atoms with van der Waals surface area (Å²) >= 11 is 1.51. The van der Waals surface area contributed by atoms with E-state index >= 15 is 0 Å². The van der Waals surface area contributed by atoms with Crippen molar-refractivity contribution in [2.24, 2.45) is 0 Å². The number of aromatic nitrogens is 1. The molecule has 0 radical (unpaired) electrons. The summed E-state index contributed by atoms with van der Waals surface area (Å²) in [5, 5.41) is 5.96. The monoisotopic (exact) mass is 328 g/mol. The van der Waals surface area contributed by atoms with Gasteiger partial charge in [-0.1, -0.05) is 0 Å². The number of benzene rings is 1. The summed E-state index contributed by atoms with van der Waals surface area (Å²) in [5.41, 5.74) is 1.79. The molecule has 0 saturated carbocycles. The quantitative estimate of drug-likeness (QED) is 0.793.